The van der Waals surface area contributed by atoms with Crippen LogP contribution in [-0.4, -0.2) is 25.3 Å². The SMILES string of the molecule is COCCOc1cc(Cc2ccccc2)c(Br)cn1. The van der Waals surface area contributed by atoms with Gasteiger partial charge in [0.1, 0.15) is 6.61 Å². The molecule has 19 heavy (non-hydrogen) atoms. The molecule has 0 fully saturated rings. The summed E-state index contributed by atoms with van der Waals surface area (Å²) in [4.78, 5) is 4.23. The molecule has 0 N–H and O–H groups in total. The Balaban J connectivity index is 2.09. The van der Waals surface area contributed by atoms with E-state index in [4.69, 9.17) is 9.47 Å². The molecule has 0 atom stereocenters. The molecule has 1 aromatic carbocycles. The highest BCUT2D eigenvalue weighted by Gasteiger charge is 2.05. The van der Waals surface area contributed by atoms with Crippen molar-refractivity contribution in [2.24, 2.45) is 0 Å². The van der Waals surface area contributed by atoms with Gasteiger partial charge in [-0.15, -0.1) is 0 Å². The van der Waals surface area contributed by atoms with Crippen LogP contribution in [0.5, 0.6) is 5.88 Å². The second kappa shape index (κ2) is 7.26. The number of hydrogen-bond donors (Lipinski definition) is 0. The Morgan fingerprint density at radius 1 is 1.16 bits per heavy atom. The lowest BCUT2D eigenvalue weighted by atomic mass is 10.1. The zero-order valence-electron chi connectivity index (χ0n) is 10.8. The Hall–Kier alpha value is -1.39. The predicted octanol–water partition coefficient (Wildman–Crippen LogP) is 3.46. The van der Waals surface area contributed by atoms with Crippen LogP contribution >= 0.6 is 15.9 Å². The highest BCUT2D eigenvalue weighted by Crippen LogP contribution is 2.22. The molecule has 0 aliphatic rings. The van der Waals surface area contributed by atoms with Crippen LogP contribution in [0.3, 0.4) is 0 Å². The molecule has 100 valence electrons. The van der Waals surface area contributed by atoms with Crippen LogP contribution in [0.25, 0.3) is 0 Å². The summed E-state index contributed by atoms with van der Waals surface area (Å²) in [6.07, 6.45) is 2.63. The van der Waals surface area contributed by atoms with Gasteiger partial charge in [-0.25, -0.2) is 4.98 Å². The van der Waals surface area contributed by atoms with Crippen LogP contribution in [0.2, 0.25) is 0 Å². The lowest BCUT2D eigenvalue weighted by Gasteiger charge is -2.08. The maximum atomic E-state index is 5.52. The molecule has 3 nitrogen and oxygen atoms in total. The van der Waals surface area contributed by atoms with E-state index in [2.05, 4.69) is 33.0 Å². The first-order valence-corrected chi connectivity index (χ1v) is 6.89. The van der Waals surface area contributed by atoms with Gasteiger partial charge in [-0.2, -0.15) is 0 Å². The number of ether oxygens (including phenoxy) is 2. The minimum atomic E-state index is 0.510. The molecule has 1 aromatic heterocycles. The van der Waals surface area contributed by atoms with Gasteiger partial charge >= 0.3 is 0 Å². The summed E-state index contributed by atoms with van der Waals surface area (Å²) < 4.78 is 11.5. The van der Waals surface area contributed by atoms with Crippen LogP contribution in [0.4, 0.5) is 0 Å². The smallest absolute Gasteiger partial charge is 0.213 e. The van der Waals surface area contributed by atoms with Crippen molar-refractivity contribution < 1.29 is 9.47 Å². The highest BCUT2D eigenvalue weighted by atomic mass is 79.9. The molecule has 1 heterocycles. The lowest BCUT2D eigenvalue weighted by Crippen LogP contribution is -2.05. The number of pyridine rings is 1. The topological polar surface area (TPSA) is 31.4 Å². The molecule has 2 aromatic rings. The van der Waals surface area contributed by atoms with Gasteiger partial charge < -0.3 is 9.47 Å². The monoisotopic (exact) mass is 321 g/mol. The number of rotatable bonds is 6. The molecule has 2 rings (SSSR count). The summed E-state index contributed by atoms with van der Waals surface area (Å²) in [6.45, 7) is 1.07. The molecule has 0 amide bonds. The van der Waals surface area contributed by atoms with E-state index >= 15 is 0 Å². The normalized spacial score (nSPS) is 10.4. The first-order chi connectivity index (χ1) is 9.29. The second-order valence-corrected chi connectivity index (χ2v) is 4.97. The molecule has 0 bridgehead atoms. The molecule has 0 spiro atoms. The molecular formula is C15H16BrNO2. The Morgan fingerprint density at radius 3 is 2.68 bits per heavy atom. The van der Waals surface area contributed by atoms with Crippen LogP contribution in [0.1, 0.15) is 11.1 Å². The van der Waals surface area contributed by atoms with E-state index in [0.29, 0.717) is 19.1 Å². The third-order valence-corrected chi connectivity index (χ3v) is 3.40. The quantitative estimate of drug-likeness (QED) is 0.763. The summed E-state index contributed by atoms with van der Waals surface area (Å²) >= 11 is 3.53. The number of hydrogen-bond acceptors (Lipinski definition) is 3. The molecule has 0 aliphatic carbocycles. The predicted molar refractivity (Wildman–Crippen MR) is 78.6 cm³/mol. The van der Waals surface area contributed by atoms with Gasteiger partial charge in [0.15, 0.2) is 0 Å². The minimum Gasteiger partial charge on any atom is -0.475 e. The fourth-order valence-electron chi connectivity index (χ4n) is 1.72. The maximum absolute atomic E-state index is 5.52. The van der Waals surface area contributed by atoms with Crippen molar-refractivity contribution in [3.63, 3.8) is 0 Å². The van der Waals surface area contributed by atoms with Gasteiger partial charge in [-0.1, -0.05) is 30.3 Å². The summed E-state index contributed by atoms with van der Waals surface area (Å²) in [5.74, 6) is 0.631. The lowest BCUT2D eigenvalue weighted by molar-refractivity contribution is 0.143. The Morgan fingerprint density at radius 2 is 1.95 bits per heavy atom. The standard InChI is InChI=1S/C15H16BrNO2/c1-18-7-8-19-15-10-13(14(16)11-17-15)9-12-5-3-2-4-6-12/h2-6,10-11H,7-9H2,1H3. The molecule has 0 radical (unpaired) electrons. The number of nitrogens with zero attached hydrogens (tertiary/aromatic N) is 1. The number of aromatic nitrogens is 1. The van der Waals surface area contributed by atoms with Gasteiger partial charge in [0.25, 0.3) is 0 Å². The molecule has 0 aliphatic heterocycles. The maximum Gasteiger partial charge on any atom is 0.213 e. The molecule has 0 unspecified atom stereocenters. The van der Waals surface area contributed by atoms with E-state index in [1.54, 1.807) is 13.3 Å². The molecule has 4 heteroatoms. The van der Waals surface area contributed by atoms with Crippen LogP contribution in [-0.2, 0) is 11.2 Å². The van der Waals surface area contributed by atoms with Crippen molar-refractivity contribution in [2.45, 2.75) is 6.42 Å². The zero-order chi connectivity index (χ0) is 13.5. The van der Waals surface area contributed by atoms with Crippen LogP contribution in [0, 0.1) is 0 Å². The van der Waals surface area contributed by atoms with Gasteiger partial charge in [-0.05, 0) is 33.5 Å². The van der Waals surface area contributed by atoms with Crippen molar-refractivity contribution in [3.8, 4) is 5.88 Å². The van der Waals surface area contributed by atoms with E-state index in [1.165, 1.54) is 5.56 Å². The fraction of sp³-hybridized carbons (Fsp3) is 0.267. The Kier molecular flexibility index (Phi) is 5.36. The Bertz CT molecular complexity index is 517. The van der Waals surface area contributed by atoms with E-state index in [-0.39, 0.29) is 0 Å². The molecule has 0 saturated carbocycles. The summed E-state index contributed by atoms with van der Waals surface area (Å²) in [5, 5.41) is 0. The highest BCUT2D eigenvalue weighted by molar-refractivity contribution is 9.10. The third kappa shape index (κ3) is 4.33. The van der Waals surface area contributed by atoms with Crippen LogP contribution < -0.4 is 4.74 Å². The van der Waals surface area contributed by atoms with E-state index in [0.717, 1.165) is 16.5 Å². The van der Waals surface area contributed by atoms with Gasteiger partial charge in [-0.3, -0.25) is 0 Å². The Labute approximate surface area is 121 Å². The largest absolute Gasteiger partial charge is 0.475 e. The summed E-state index contributed by atoms with van der Waals surface area (Å²) in [6, 6.07) is 12.3. The number of halogens is 1. The average molecular weight is 322 g/mol. The van der Waals surface area contributed by atoms with Crippen molar-refractivity contribution in [1.29, 1.82) is 0 Å². The fourth-order valence-corrected chi connectivity index (χ4v) is 2.08. The first-order valence-electron chi connectivity index (χ1n) is 6.09. The molecule has 0 saturated heterocycles. The second-order valence-electron chi connectivity index (χ2n) is 4.12. The van der Waals surface area contributed by atoms with Gasteiger partial charge in [0.05, 0.1) is 6.61 Å². The number of methoxy groups -OCH3 is 1. The van der Waals surface area contributed by atoms with Crippen molar-refractivity contribution in [2.75, 3.05) is 20.3 Å². The summed E-state index contributed by atoms with van der Waals surface area (Å²) in [5.41, 5.74) is 2.42. The van der Waals surface area contributed by atoms with Crippen molar-refractivity contribution in [3.05, 3.63) is 58.2 Å². The van der Waals surface area contributed by atoms with E-state index in [9.17, 15) is 0 Å². The number of benzene rings is 1. The average Bonchev–Trinajstić information content (AvgIpc) is 2.44. The molecular weight excluding hydrogens is 306 g/mol. The van der Waals surface area contributed by atoms with Gasteiger partial charge in [0.2, 0.25) is 5.88 Å². The van der Waals surface area contributed by atoms with Crippen LogP contribution in [0.15, 0.2) is 47.1 Å². The van der Waals surface area contributed by atoms with Gasteiger partial charge in [0, 0.05) is 23.8 Å². The van der Waals surface area contributed by atoms with Crippen molar-refractivity contribution in [1.82, 2.24) is 4.98 Å². The zero-order valence-corrected chi connectivity index (χ0v) is 12.4. The third-order valence-electron chi connectivity index (χ3n) is 2.68. The summed E-state index contributed by atoms with van der Waals surface area (Å²) in [7, 11) is 1.65. The van der Waals surface area contributed by atoms with E-state index < -0.39 is 0 Å². The van der Waals surface area contributed by atoms with Crippen molar-refractivity contribution >= 4 is 15.9 Å². The van der Waals surface area contributed by atoms with E-state index in [1.807, 2.05) is 24.3 Å². The first kappa shape index (κ1) is 14.0. The minimum absolute atomic E-state index is 0.510.